The maximum atomic E-state index is 11.1. The summed E-state index contributed by atoms with van der Waals surface area (Å²) < 4.78 is 0. The van der Waals surface area contributed by atoms with Gasteiger partial charge in [0.05, 0.1) is 16.7 Å². The average Bonchev–Trinajstić information content (AvgIpc) is 3.20. The van der Waals surface area contributed by atoms with Crippen molar-refractivity contribution in [3.63, 3.8) is 0 Å². The number of benzene rings is 1. The maximum absolute atomic E-state index is 11.1. The number of aromatic amines is 2. The van der Waals surface area contributed by atoms with Gasteiger partial charge in [-0.3, -0.25) is 9.78 Å². The maximum Gasteiger partial charge on any atom is 0.247 e. The van der Waals surface area contributed by atoms with Gasteiger partial charge >= 0.3 is 0 Å². The molecule has 5 heteroatoms. The number of para-hydroxylation sites is 2. The molecule has 1 fully saturated rings. The molecule has 5 rings (SSSR count). The summed E-state index contributed by atoms with van der Waals surface area (Å²) in [7, 11) is 0. The molecule has 0 saturated heterocycles. The molecule has 0 radical (unpaired) electrons. The molecule has 0 aliphatic heterocycles. The third kappa shape index (κ3) is 4.80. The van der Waals surface area contributed by atoms with E-state index in [1.165, 1.54) is 38.2 Å². The summed E-state index contributed by atoms with van der Waals surface area (Å²) in [6, 6.07) is 15.0. The fraction of sp³-hybridized carbons (Fsp3) is 0.292. The van der Waals surface area contributed by atoms with Gasteiger partial charge in [0.25, 0.3) is 0 Å². The van der Waals surface area contributed by atoms with Crippen LogP contribution in [0.5, 0.6) is 0 Å². The van der Waals surface area contributed by atoms with Crippen LogP contribution in [-0.4, -0.2) is 19.9 Å². The Kier molecular flexibility index (Phi) is 5.84. The molecule has 1 aromatic carbocycles. The van der Waals surface area contributed by atoms with Gasteiger partial charge in [-0.15, -0.1) is 0 Å². The van der Waals surface area contributed by atoms with E-state index in [1.807, 2.05) is 36.4 Å². The second-order valence-corrected chi connectivity index (χ2v) is 7.72. The van der Waals surface area contributed by atoms with Gasteiger partial charge in [0.15, 0.2) is 0 Å². The minimum Gasteiger partial charge on any atom is -0.338 e. The SMILES string of the molecule is CC1CCCCC1.O=c1ccc(-c2ccc(-c3nc4ccccc4[nH]3)cn2)c[nH]1. The van der Waals surface area contributed by atoms with E-state index in [1.54, 1.807) is 18.5 Å². The van der Waals surface area contributed by atoms with Crippen molar-refractivity contribution in [2.75, 3.05) is 0 Å². The van der Waals surface area contributed by atoms with E-state index in [0.717, 1.165) is 39.6 Å². The van der Waals surface area contributed by atoms with Gasteiger partial charge in [-0.25, -0.2) is 4.98 Å². The van der Waals surface area contributed by atoms with Gasteiger partial charge in [-0.1, -0.05) is 51.2 Å². The zero-order valence-electron chi connectivity index (χ0n) is 16.7. The molecule has 3 aromatic heterocycles. The summed E-state index contributed by atoms with van der Waals surface area (Å²) in [5.41, 5.74) is 4.41. The summed E-state index contributed by atoms with van der Waals surface area (Å²) in [6.07, 6.45) is 10.9. The normalized spacial score (nSPS) is 14.4. The van der Waals surface area contributed by atoms with Crippen molar-refractivity contribution < 1.29 is 0 Å². The van der Waals surface area contributed by atoms with Crippen LogP contribution in [0.2, 0.25) is 0 Å². The standard InChI is InChI=1S/C17H12N4O.C7H14/c22-16-8-6-11(9-19-16)13-7-5-12(10-18-13)17-20-14-3-1-2-4-15(14)21-17;1-7-5-3-2-4-6-7/h1-10H,(H,19,22)(H,20,21);7H,2-6H2,1H3. The molecule has 3 heterocycles. The number of pyridine rings is 2. The van der Waals surface area contributed by atoms with Crippen molar-refractivity contribution in [1.29, 1.82) is 0 Å². The number of imidazole rings is 1. The number of aromatic nitrogens is 4. The second-order valence-electron chi connectivity index (χ2n) is 7.72. The van der Waals surface area contributed by atoms with Gasteiger partial charge in [-0.2, -0.15) is 0 Å². The lowest BCUT2D eigenvalue weighted by atomic mass is 9.91. The molecule has 0 bridgehead atoms. The fourth-order valence-electron chi connectivity index (χ4n) is 3.67. The number of hydrogen-bond acceptors (Lipinski definition) is 3. The van der Waals surface area contributed by atoms with Crippen LogP contribution in [-0.2, 0) is 0 Å². The first-order valence-electron chi connectivity index (χ1n) is 10.3. The highest BCUT2D eigenvalue weighted by Crippen LogP contribution is 2.23. The van der Waals surface area contributed by atoms with Gasteiger partial charge in [0.1, 0.15) is 5.82 Å². The van der Waals surface area contributed by atoms with Crippen LogP contribution in [0.3, 0.4) is 0 Å². The molecule has 4 aromatic rings. The number of rotatable bonds is 2. The Morgan fingerprint density at radius 1 is 0.931 bits per heavy atom. The molecule has 29 heavy (non-hydrogen) atoms. The minimum absolute atomic E-state index is 0.123. The number of nitrogens with zero attached hydrogens (tertiary/aromatic N) is 2. The summed E-state index contributed by atoms with van der Waals surface area (Å²) in [6.45, 7) is 2.36. The average molecular weight is 386 g/mol. The van der Waals surface area contributed by atoms with Gasteiger partial charge in [0.2, 0.25) is 5.56 Å². The Labute approximate surface area is 170 Å². The Hall–Kier alpha value is -3.21. The lowest BCUT2D eigenvalue weighted by Crippen LogP contribution is -2.01. The van der Waals surface area contributed by atoms with Crippen LogP contribution in [0.15, 0.2) is 65.7 Å². The first kappa shape index (κ1) is 19.1. The van der Waals surface area contributed by atoms with Gasteiger partial charge < -0.3 is 9.97 Å². The van der Waals surface area contributed by atoms with Crippen LogP contribution < -0.4 is 5.56 Å². The van der Waals surface area contributed by atoms with E-state index >= 15 is 0 Å². The smallest absolute Gasteiger partial charge is 0.247 e. The molecule has 0 amide bonds. The van der Waals surface area contributed by atoms with E-state index < -0.39 is 0 Å². The minimum atomic E-state index is -0.123. The predicted octanol–water partition coefficient (Wildman–Crippen LogP) is 5.57. The molecule has 0 unspecified atom stereocenters. The molecule has 0 atom stereocenters. The van der Waals surface area contributed by atoms with Crippen molar-refractivity contribution in [1.82, 2.24) is 19.9 Å². The van der Waals surface area contributed by atoms with Crippen molar-refractivity contribution in [3.8, 4) is 22.6 Å². The van der Waals surface area contributed by atoms with Gasteiger partial charge in [-0.05, 0) is 36.2 Å². The molecule has 5 nitrogen and oxygen atoms in total. The Balaban J connectivity index is 0.000000249. The second kappa shape index (κ2) is 8.86. The lowest BCUT2D eigenvalue weighted by Gasteiger charge is -2.15. The van der Waals surface area contributed by atoms with E-state index in [0.29, 0.717) is 0 Å². The third-order valence-corrected chi connectivity index (χ3v) is 5.40. The van der Waals surface area contributed by atoms with Crippen molar-refractivity contribution in [2.24, 2.45) is 5.92 Å². The first-order valence-corrected chi connectivity index (χ1v) is 10.3. The Bertz CT molecular complexity index is 1070. The highest BCUT2D eigenvalue weighted by Gasteiger charge is 2.07. The summed E-state index contributed by atoms with van der Waals surface area (Å²) in [5, 5.41) is 0. The lowest BCUT2D eigenvalue weighted by molar-refractivity contribution is 0.385. The van der Waals surface area contributed by atoms with Crippen molar-refractivity contribution >= 4 is 11.0 Å². The van der Waals surface area contributed by atoms with Crippen molar-refractivity contribution in [2.45, 2.75) is 39.0 Å². The number of hydrogen-bond donors (Lipinski definition) is 2. The molecule has 2 N–H and O–H groups in total. The summed E-state index contributed by atoms with van der Waals surface area (Å²) in [5.74, 6) is 1.83. The highest BCUT2D eigenvalue weighted by atomic mass is 16.1. The van der Waals surface area contributed by atoms with E-state index in [4.69, 9.17) is 0 Å². The molecule has 1 saturated carbocycles. The molecule has 148 valence electrons. The Morgan fingerprint density at radius 3 is 2.34 bits per heavy atom. The Morgan fingerprint density at radius 2 is 1.72 bits per heavy atom. The van der Waals surface area contributed by atoms with Crippen LogP contribution >= 0.6 is 0 Å². The topological polar surface area (TPSA) is 74.4 Å². The predicted molar refractivity (Wildman–Crippen MR) is 118 cm³/mol. The molecule has 0 spiro atoms. The van der Waals surface area contributed by atoms with Crippen LogP contribution in [0, 0.1) is 5.92 Å². The van der Waals surface area contributed by atoms with Crippen LogP contribution in [0.4, 0.5) is 0 Å². The van der Waals surface area contributed by atoms with Crippen molar-refractivity contribution in [3.05, 3.63) is 71.3 Å². The summed E-state index contributed by atoms with van der Waals surface area (Å²) in [4.78, 5) is 26.0. The van der Waals surface area contributed by atoms with E-state index in [2.05, 4.69) is 26.9 Å². The van der Waals surface area contributed by atoms with E-state index in [9.17, 15) is 4.79 Å². The largest absolute Gasteiger partial charge is 0.338 e. The highest BCUT2D eigenvalue weighted by molar-refractivity contribution is 5.79. The monoisotopic (exact) mass is 386 g/mol. The van der Waals surface area contributed by atoms with Crippen LogP contribution in [0.25, 0.3) is 33.7 Å². The molecular weight excluding hydrogens is 360 g/mol. The van der Waals surface area contributed by atoms with Gasteiger partial charge in [0, 0.05) is 29.6 Å². The first-order chi connectivity index (χ1) is 14.2. The zero-order valence-corrected chi connectivity index (χ0v) is 16.7. The zero-order chi connectivity index (χ0) is 20.1. The number of fused-ring (bicyclic) bond motifs is 1. The molecule has 1 aliphatic carbocycles. The number of H-pyrrole nitrogens is 2. The molecular formula is C24H26N4O. The quantitative estimate of drug-likeness (QED) is 0.473. The van der Waals surface area contributed by atoms with Crippen LogP contribution in [0.1, 0.15) is 39.0 Å². The van der Waals surface area contributed by atoms with E-state index in [-0.39, 0.29) is 5.56 Å². The molecule has 1 aliphatic rings. The third-order valence-electron chi connectivity index (χ3n) is 5.40. The fourth-order valence-corrected chi connectivity index (χ4v) is 3.67. The number of nitrogens with one attached hydrogen (secondary N) is 2. The summed E-state index contributed by atoms with van der Waals surface area (Å²) >= 11 is 0.